The first-order valence-electron chi connectivity index (χ1n) is 12.3. The summed E-state index contributed by atoms with van der Waals surface area (Å²) in [7, 11) is -1.22. The summed E-state index contributed by atoms with van der Waals surface area (Å²) in [5.41, 5.74) is 2.19. The smallest absolute Gasteiger partial charge is 0.198 e. The van der Waals surface area contributed by atoms with E-state index in [2.05, 4.69) is 19.6 Å². The summed E-state index contributed by atoms with van der Waals surface area (Å²) in [4.78, 5) is 4.78. The molecule has 36 heavy (non-hydrogen) atoms. The van der Waals surface area contributed by atoms with Crippen LogP contribution in [0, 0.1) is 0 Å². The molecular formula is C26H33ClN2O6Si. The van der Waals surface area contributed by atoms with E-state index in [4.69, 9.17) is 40.3 Å². The van der Waals surface area contributed by atoms with Crippen LogP contribution < -0.4 is 9.47 Å². The standard InChI is InChI=1S/C26H33ClN2O6Si/c1-36(2,3)10-9-31-16-29-21-11-18(27)20(13-32-17-7-5-4-6-8-17)28-19(21)12-24(29)35-23-15-34-25-22(30)14-33-26(23)25/h4-8,11-12,22-23,25-26,30H,9-10,13-16H2,1-3H3/t22-,23-,25-,26-/m1/s1. The predicted octanol–water partition coefficient (Wildman–Crippen LogP) is 4.49. The lowest BCUT2D eigenvalue weighted by Crippen LogP contribution is -2.35. The van der Waals surface area contributed by atoms with E-state index >= 15 is 0 Å². The fourth-order valence-corrected chi connectivity index (χ4v) is 5.36. The van der Waals surface area contributed by atoms with Gasteiger partial charge in [0.1, 0.15) is 37.4 Å². The third-order valence-corrected chi connectivity index (χ3v) is 8.49. The molecule has 1 N–H and O–H groups in total. The van der Waals surface area contributed by atoms with E-state index in [1.807, 2.05) is 47.0 Å². The molecule has 2 aliphatic heterocycles. The normalized spacial score (nSPS) is 23.8. The van der Waals surface area contributed by atoms with Crippen LogP contribution in [0.2, 0.25) is 30.7 Å². The lowest BCUT2D eigenvalue weighted by atomic mass is 10.1. The highest BCUT2D eigenvalue weighted by Crippen LogP contribution is 2.34. The van der Waals surface area contributed by atoms with Crippen LogP contribution in [-0.4, -0.2) is 67.0 Å². The Hall–Kier alpha value is -2.14. The van der Waals surface area contributed by atoms with E-state index in [1.54, 1.807) is 0 Å². The molecule has 2 fully saturated rings. The van der Waals surface area contributed by atoms with Crippen molar-refractivity contribution in [2.75, 3.05) is 19.8 Å². The van der Waals surface area contributed by atoms with Crippen molar-refractivity contribution in [1.29, 1.82) is 0 Å². The van der Waals surface area contributed by atoms with Gasteiger partial charge in [-0.15, -0.1) is 0 Å². The van der Waals surface area contributed by atoms with E-state index in [9.17, 15) is 5.11 Å². The molecule has 3 aromatic rings. The fourth-order valence-electron chi connectivity index (χ4n) is 4.40. The van der Waals surface area contributed by atoms with Crippen LogP contribution in [0.1, 0.15) is 5.69 Å². The molecule has 0 saturated carbocycles. The quantitative estimate of drug-likeness (QED) is 0.304. The number of ether oxygens (including phenoxy) is 5. The van der Waals surface area contributed by atoms with Gasteiger partial charge in [-0.1, -0.05) is 49.4 Å². The zero-order chi connectivity index (χ0) is 25.3. The summed E-state index contributed by atoms with van der Waals surface area (Å²) in [5.74, 6) is 1.35. The summed E-state index contributed by atoms with van der Waals surface area (Å²) < 4.78 is 31.8. The first-order chi connectivity index (χ1) is 17.3. The first-order valence-corrected chi connectivity index (χ1v) is 16.4. The van der Waals surface area contributed by atoms with E-state index in [0.717, 1.165) is 22.8 Å². The zero-order valence-electron chi connectivity index (χ0n) is 20.9. The summed E-state index contributed by atoms with van der Waals surface area (Å²) in [6.07, 6.45) is -1.65. The predicted molar refractivity (Wildman–Crippen MR) is 140 cm³/mol. The number of pyridine rings is 1. The molecule has 2 aromatic heterocycles. The molecule has 5 rings (SSSR count). The van der Waals surface area contributed by atoms with Gasteiger partial charge in [-0.05, 0) is 24.2 Å². The Bertz CT molecular complexity index is 1180. The van der Waals surface area contributed by atoms with Gasteiger partial charge in [0.05, 0.1) is 35.0 Å². The van der Waals surface area contributed by atoms with Crippen LogP contribution in [0.15, 0.2) is 42.5 Å². The molecule has 0 spiro atoms. The maximum absolute atomic E-state index is 10.1. The molecule has 4 atom stereocenters. The molecule has 0 radical (unpaired) electrons. The number of nitrogens with zero attached hydrogens (tertiary/aromatic N) is 2. The number of aliphatic hydroxyl groups is 1. The average Bonchev–Trinajstić information content (AvgIpc) is 3.51. The highest BCUT2D eigenvalue weighted by atomic mass is 35.5. The average molecular weight is 533 g/mol. The molecule has 2 aliphatic rings. The Morgan fingerprint density at radius 3 is 2.67 bits per heavy atom. The molecule has 8 nitrogen and oxygen atoms in total. The molecule has 0 aliphatic carbocycles. The van der Waals surface area contributed by atoms with Gasteiger partial charge in [0.25, 0.3) is 0 Å². The summed E-state index contributed by atoms with van der Waals surface area (Å²) in [6, 6.07) is 14.4. The number of halogens is 1. The highest BCUT2D eigenvalue weighted by molar-refractivity contribution is 6.76. The topological polar surface area (TPSA) is 84.2 Å². The summed E-state index contributed by atoms with van der Waals surface area (Å²) in [6.45, 7) is 8.80. The monoisotopic (exact) mass is 532 g/mol. The molecule has 0 unspecified atom stereocenters. The van der Waals surface area contributed by atoms with Crippen LogP contribution in [0.25, 0.3) is 11.0 Å². The van der Waals surface area contributed by atoms with Crippen LogP contribution in [0.5, 0.6) is 11.6 Å². The van der Waals surface area contributed by atoms with Crippen molar-refractivity contribution in [3.8, 4) is 11.6 Å². The Morgan fingerprint density at radius 2 is 1.89 bits per heavy atom. The maximum Gasteiger partial charge on any atom is 0.198 e. The van der Waals surface area contributed by atoms with Crippen molar-refractivity contribution in [3.05, 3.63) is 53.2 Å². The number of rotatable bonds is 10. The molecule has 1 aromatic carbocycles. The van der Waals surface area contributed by atoms with Gasteiger partial charge in [-0.3, -0.25) is 4.57 Å². The van der Waals surface area contributed by atoms with Crippen LogP contribution in [-0.2, 0) is 27.5 Å². The molecule has 0 amide bonds. The van der Waals surface area contributed by atoms with Crippen molar-refractivity contribution < 1.29 is 28.8 Å². The minimum Gasteiger partial charge on any atom is -0.487 e. The minimum absolute atomic E-state index is 0.249. The third-order valence-electron chi connectivity index (χ3n) is 6.46. The second-order valence-electron chi connectivity index (χ2n) is 10.5. The van der Waals surface area contributed by atoms with Crippen LogP contribution in [0.3, 0.4) is 0 Å². The Labute approximate surface area is 217 Å². The number of fused-ring (bicyclic) bond motifs is 2. The van der Waals surface area contributed by atoms with E-state index < -0.39 is 14.2 Å². The number of aliphatic hydroxyl groups excluding tert-OH is 1. The van der Waals surface area contributed by atoms with Crippen molar-refractivity contribution in [3.63, 3.8) is 0 Å². The van der Waals surface area contributed by atoms with Gasteiger partial charge in [-0.2, -0.15) is 0 Å². The molecule has 194 valence electrons. The van der Waals surface area contributed by atoms with Crippen LogP contribution in [0.4, 0.5) is 0 Å². The second-order valence-corrected chi connectivity index (χ2v) is 16.5. The van der Waals surface area contributed by atoms with Crippen molar-refractivity contribution in [2.24, 2.45) is 0 Å². The Balaban J connectivity index is 1.39. The lowest BCUT2D eigenvalue weighted by molar-refractivity contribution is 0.00479. The number of hydrogen-bond donors (Lipinski definition) is 1. The summed E-state index contributed by atoms with van der Waals surface area (Å²) in [5, 5.41) is 10.6. The number of para-hydroxylation sites is 1. The molecule has 10 heteroatoms. The largest absolute Gasteiger partial charge is 0.487 e. The molecule has 4 heterocycles. The second kappa shape index (κ2) is 10.7. The Morgan fingerprint density at radius 1 is 1.11 bits per heavy atom. The molecule has 2 saturated heterocycles. The SMILES string of the molecule is C[Si](C)(C)CCOCn1c(O[C@@H]2CO[C@H]3[C@@H]2OC[C@H]3O)cc2nc(COc3ccccc3)c(Cl)cc21. The van der Waals surface area contributed by atoms with Gasteiger partial charge in [-0.25, -0.2) is 4.98 Å². The third kappa shape index (κ3) is 5.71. The number of benzene rings is 1. The zero-order valence-corrected chi connectivity index (χ0v) is 22.6. The number of aromatic nitrogens is 2. The van der Waals surface area contributed by atoms with Gasteiger partial charge < -0.3 is 28.8 Å². The van der Waals surface area contributed by atoms with Gasteiger partial charge in [0, 0.05) is 20.7 Å². The van der Waals surface area contributed by atoms with Crippen molar-refractivity contribution in [1.82, 2.24) is 9.55 Å². The summed E-state index contributed by atoms with van der Waals surface area (Å²) >= 11 is 6.63. The fraction of sp³-hybridized carbons (Fsp3) is 0.500. The first kappa shape index (κ1) is 25.5. The van der Waals surface area contributed by atoms with E-state index in [-0.39, 0.29) is 31.5 Å². The van der Waals surface area contributed by atoms with E-state index in [1.165, 1.54) is 0 Å². The minimum atomic E-state index is -1.22. The Kier molecular flexibility index (Phi) is 7.57. The maximum atomic E-state index is 10.1. The van der Waals surface area contributed by atoms with Crippen LogP contribution >= 0.6 is 11.6 Å². The van der Waals surface area contributed by atoms with Gasteiger partial charge in [0.2, 0.25) is 0 Å². The van der Waals surface area contributed by atoms with Gasteiger partial charge in [0.15, 0.2) is 12.0 Å². The van der Waals surface area contributed by atoms with Crippen molar-refractivity contribution in [2.45, 2.75) is 63.4 Å². The molecular weight excluding hydrogens is 500 g/mol. The van der Waals surface area contributed by atoms with Gasteiger partial charge >= 0.3 is 0 Å². The highest BCUT2D eigenvalue weighted by Gasteiger charge is 2.48. The number of hydrogen-bond acceptors (Lipinski definition) is 7. The van der Waals surface area contributed by atoms with E-state index in [0.29, 0.717) is 36.5 Å². The van der Waals surface area contributed by atoms with Crippen molar-refractivity contribution >= 4 is 30.7 Å². The molecule has 0 bridgehead atoms. The lowest BCUT2D eigenvalue weighted by Gasteiger charge is -2.20.